The molecule has 1 atom stereocenters. The third-order valence-electron chi connectivity index (χ3n) is 3.49. The van der Waals surface area contributed by atoms with E-state index < -0.39 is 16.0 Å². The molecule has 1 aromatic rings. The lowest BCUT2D eigenvalue weighted by molar-refractivity contribution is 0.539. The standard InChI is InChI=1S/C13H18FNO2S/c1-10-3-5-12-6-4-11(2)15(13(12)9-10)7-8-18(14,16)17/h3,5,9,11H,4,6-8H2,1-2H3. The zero-order chi connectivity index (χ0) is 13.3. The van der Waals surface area contributed by atoms with E-state index in [1.54, 1.807) is 0 Å². The fourth-order valence-corrected chi connectivity index (χ4v) is 2.87. The lowest BCUT2D eigenvalue weighted by Crippen LogP contribution is -2.40. The van der Waals surface area contributed by atoms with Gasteiger partial charge in [-0.3, -0.25) is 0 Å². The highest BCUT2D eigenvalue weighted by atomic mass is 32.3. The Morgan fingerprint density at radius 3 is 2.83 bits per heavy atom. The number of halogens is 1. The van der Waals surface area contributed by atoms with Crippen LogP contribution in [0.5, 0.6) is 0 Å². The Labute approximate surface area is 108 Å². The summed E-state index contributed by atoms with van der Waals surface area (Å²) in [5, 5.41) is 0. The number of nitrogens with zero attached hydrogens (tertiary/aromatic N) is 1. The minimum absolute atomic E-state index is 0.219. The second kappa shape index (κ2) is 4.88. The van der Waals surface area contributed by atoms with E-state index in [0.717, 1.165) is 24.1 Å². The molecule has 0 amide bonds. The maximum absolute atomic E-state index is 12.7. The highest BCUT2D eigenvalue weighted by Crippen LogP contribution is 2.31. The Bertz CT molecular complexity index is 542. The quantitative estimate of drug-likeness (QED) is 0.792. The highest BCUT2D eigenvalue weighted by molar-refractivity contribution is 7.86. The minimum atomic E-state index is -4.40. The van der Waals surface area contributed by atoms with Crippen molar-refractivity contribution in [1.82, 2.24) is 0 Å². The molecule has 0 saturated heterocycles. The number of benzene rings is 1. The van der Waals surface area contributed by atoms with Crippen LogP contribution in [0.2, 0.25) is 0 Å². The molecular formula is C13H18FNO2S. The Morgan fingerprint density at radius 1 is 1.44 bits per heavy atom. The predicted octanol–water partition coefficient (Wildman–Crippen LogP) is 2.44. The maximum Gasteiger partial charge on any atom is 0.304 e. The van der Waals surface area contributed by atoms with E-state index in [-0.39, 0.29) is 12.6 Å². The van der Waals surface area contributed by atoms with Crippen molar-refractivity contribution in [2.45, 2.75) is 32.7 Å². The summed E-state index contributed by atoms with van der Waals surface area (Å²) < 4.78 is 34.0. The van der Waals surface area contributed by atoms with E-state index in [0.29, 0.717) is 0 Å². The Kier molecular flexibility index (Phi) is 3.61. The summed E-state index contributed by atoms with van der Waals surface area (Å²) in [5.41, 5.74) is 3.41. The van der Waals surface area contributed by atoms with Crippen LogP contribution in [-0.4, -0.2) is 26.8 Å². The van der Waals surface area contributed by atoms with E-state index >= 15 is 0 Å². The molecule has 1 aromatic carbocycles. The average molecular weight is 271 g/mol. The van der Waals surface area contributed by atoms with Gasteiger partial charge in [-0.25, -0.2) is 0 Å². The summed E-state index contributed by atoms with van der Waals surface area (Å²) in [6, 6.07) is 6.43. The second-order valence-electron chi connectivity index (χ2n) is 4.96. The molecule has 0 aliphatic carbocycles. The molecule has 100 valence electrons. The van der Waals surface area contributed by atoms with Crippen LogP contribution in [0.25, 0.3) is 0 Å². The summed E-state index contributed by atoms with van der Waals surface area (Å²) in [4.78, 5) is 2.00. The van der Waals surface area contributed by atoms with Crippen LogP contribution in [0.3, 0.4) is 0 Å². The van der Waals surface area contributed by atoms with Gasteiger partial charge in [-0.15, -0.1) is 3.89 Å². The molecule has 5 heteroatoms. The van der Waals surface area contributed by atoms with Crippen molar-refractivity contribution in [3.63, 3.8) is 0 Å². The minimum Gasteiger partial charge on any atom is -0.367 e. The average Bonchev–Trinajstić information content (AvgIpc) is 2.26. The first-order valence-corrected chi connectivity index (χ1v) is 7.70. The van der Waals surface area contributed by atoms with Crippen LogP contribution >= 0.6 is 0 Å². The number of rotatable bonds is 3. The van der Waals surface area contributed by atoms with Crippen molar-refractivity contribution < 1.29 is 12.3 Å². The van der Waals surface area contributed by atoms with Crippen LogP contribution in [0.15, 0.2) is 18.2 Å². The van der Waals surface area contributed by atoms with Gasteiger partial charge in [0.05, 0.1) is 5.75 Å². The van der Waals surface area contributed by atoms with E-state index in [1.807, 2.05) is 11.8 Å². The van der Waals surface area contributed by atoms with E-state index in [2.05, 4.69) is 25.1 Å². The van der Waals surface area contributed by atoms with Crippen molar-refractivity contribution in [2.75, 3.05) is 17.2 Å². The van der Waals surface area contributed by atoms with Gasteiger partial charge in [0.2, 0.25) is 0 Å². The number of anilines is 1. The Morgan fingerprint density at radius 2 is 2.17 bits per heavy atom. The third-order valence-corrected chi connectivity index (χ3v) is 4.16. The monoisotopic (exact) mass is 271 g/mol. The Hall–Kier alpha value is -1.10. The fourth-order valence-electron chi connectivity index (χ4n) is 2.46. The van der Waals surface area contributed by atoms with Crippen molar-refractivity contribution in [3.8, 4) is 0 Å². The molecule has 0 bridgehead atoms. The molecule has 0 aromatic heterocycles. The molecule has 0 radical (unpaired) electrons. The van der Waals surface area contributed by atoms with Crippen LogP contribution in [0.4, 0.5) is 9.57 Å². The van der Waals surface area contributed by atoms with E-state index in [1.165, 1.54) is 5.56 Å². The highest BCUT2D eigenvalue weighted by Gasteiger charge is 2.24. The van der Waals surface area contributed by atoms with Gasteiger partial charge in [-0.2, -0.15) is 8.42 Å². The SMILES string of the molecule is Cc1ccc2c(c1)N(CCS(=O)(=O)F)C(C)CC2. The predicted molar refractivity (Wildman–Crippen MR) is 71.2 cm³/mol. The molecule has 1 heterocycles. The topological polar surface area (TPSA) is 37.4 Å². The number of hydrogen-bond donors (Lipinski definition) is 0. The summed E-state index contributed by atoms with van der Waals surface area (Å²) in [7, 11) is -4.40. The van der Waals surface area contributed by atoms with E-state index in [9.17, 15) is 12.3 Å². The zero-order valence-electron chi connectivity index (χ0n) is 10.7. The molecule has 18 heavy (non-hydrogen) atoms. The maximum atomic E-state index is 12.7. The molecule has 0 N–H and O–H groups in total. The van der Waals surface area contributed by atoms with Gasteiger partial charge < -0.3 is 4.90 Å². The van der Waals surface area contributed by atoms with Crippen molar-refractivity contribution >= 4 is 15.9 Å². The summed E-state index contributed by atoms with van der Waals surface area (Å²) in [6.45, 7) is 4.27. The smallest absolute Gasteiger partial charge is 0.304 e. The van der Waals surface area contributed by atoms with Gasteiger partial charge in [0.15, 0.2) is 0 Å². The first kappa shape index (κ1) is 13.3. The molecule has 3 nitrogen and oxygen atoms in total. The van der Waals surface area contributed by atoms with Crippen molar-refractivity contribution in [3.05, 3.63) is 29.3 Å². The molecule has 0 saturated carbocycles. The first-order chi connectivity index (χ1) is 8.37. The molecule has 0 spiro atoms. The fraction of sp³-hybridized carbons (Fsp3) is 0.538. The van der Waals surface area contributed by atoms with E-state index in [4.69, 9.17) is 0 Å². The summed E-state index contributed by atoms with van der Waals surface area (Å²) in [6.07, 6.45) is 1.97. The largest absolute Gasteiger partial charge is 0.367 e. The summed E-state index contributed by atoms with van der Waals surface area (Å²) >= 11 is 0. The molecular weight excluding hydrogens is 253 g/mol. The summed E-state index contributed by atoms with van der Waals surface area (Å²) in [5.74, 6) is -0.440. The first-order valence-electron chi connectivity index (χ1n) is 6.15. The molecule has 1 aliphatic rings. The van der Waals surface area contributed by atoms with Crippen molar-refractivity contribution in [2.24, 2.45) is 0 Å². The zero-order valence-corrected chi connectivity index (χ0v) is 11.5. The number of aryl methyl sites for hydroxylation is 2. The molecule has 2 rings (SSSR count). The van der Waals surface area contributed by atoms with Crippen LogP contribution in [-0.2, 0) is 16.6 Å². The lowest BCUT2D eigenvalue weighted by Gasteiger charge is -2.37. The van der Waals surface area contributed by atoms with Crippen LogP contribution in [0.1, 0.15) is 24.5 Å². The van der Waals surface area contributed by atoms with Gasteiger partial charge in [0.25, 0.3) is 0 Å². The third kappa shape index (κ3) is 3.02. The number of fused-ring (bicyclic) bond motifs is 1. The van der Waals surface area contributed by atoms with Gasteiger partial charge in [-0.05, 0) is 43.9 Å². The number of hydrogen-bond acceptors (Lipinski definition) is 3. The second-order valence-corrected chi connectivity index (χ2v) is 6.44. The molecule has 1 unspecified atom stereocenters. The van der Waals surface area contributed by atoms with Gasteiger partial charge in [-0.1, -0.05) is 12.1 Å². The van der Waals surface area contributed by atoms with Gasteiger partial charge in [0, 0.05) is 18.3 Å². The lowest BCUT2D eigenvalue weighted by atomic mass is 9.95. The molecule has 0 fully saturated rings. The van der Waals surface area contributed by atoms with Gasteiger partial charge >= 0.3 is 10.2 Å². The normalized spacial score (nSPS) is 19.7. The van der Waals surface area contributed by atoms with Crippen LogP contribution in [0, 0.1) is 6.92 Å². The molecule has 1 aliphatic heterocycles. The van der Waals surface area contributed by atoms with Crippen LogP contribution < -0.4 is 4.90 Å². The Balaban J connectivity index is 2.27. The van der Waals surface area contributed by atoms with Gasteiger partial charge in [0.1, 0.15) is 0 Å². The van der Waals surface area contributed by atoms with Crippen molar-refractivity contribution in [1.29, 1.82) is 0 Å².